The van der Waals surface area contributed by atoms with Crippen molar-refractivity contribution in [1.82, 2.24) is 0 Å². The fraction of sp³-hybridized carbons (Fsp3) is 0.125. The van der Waals surface area contributed by atoms with Crippen molar-refractivity contribution < 1.29 is 4.42 Å². The Kier molecular flexibility index (Phi) is 2.33. The van der Waals surface area contributed by atoms with Crippen molar-refractivity contribution in [2.75, 3.05) is 6.54 Å². The van der Waals surface area contributed by atoms with E-state index in [0.29, 0.717) is 6.54 Å². The highest BCUT2D eigenvalue weighted by Gasteiger charge is 1.84. The summed E-state index contributed by atoms with van der Waals surface area (Å²) in [6, 6.07) is 1.82. The second kappa shape index (κ2) is 3.52. The van der Waals surface area contributed by atoms with Crippen molar-refractivity contribution in [2.24, 2.45) is 4.99 Å². The van der Waals surface area contributed by atoms with E-state index < -0.39 is 0 Å². The maximum absolute atomic E-state index is 4.98. The lowest BCUT2D eigenvalue weighted by Gasteiger charge is -1.78. The number of aliphatic imine (C=N–C) groups is 1. The quantitative estimate of drug-likeness (QED) is 0.441. The Labute approximate surface area is 59.6 Å². The largest absolute Gasteiger partial charge is 0.472 e. The molecule has 0 amide bonds. The standard InChI is InChI=1S/C8H7NO/c1-2-4-9-6-8-3-5-10-7-8/h1,3,5-7H,4H2. The number of nitrogens with zero attached hydrogens (tertiary/aromatic N) is 1. The van der Waals surface area contributed by atoms with Crippen molar-refractivity contribution in [3.63, 3.8) is 0 Å². The van der Waals surface area contributed by atoms with Crippen LogP contribution in [0.2, 0.25) is 0 Å². The van der Waals surface area contributed by atoms with Gasteiger partial charge in [0.15, 0.2) is 0 Å². The highest BCUT2D eigenvalue weighted by atomic mass is 16.3. The molecule has 1 aromatic rings. The second-order valence-electron chi connectivity index (χ2n) is 1.73. The molecule has 50 valence electrons. The highest BCUT2D eigenvalue weighted by molar-refractivity contribution is 5.78. The van der Waals surface area contributed by atoms with Crippen LogP contribution in [-0.4, -0.2) is 12.8 Å². The highest BCUT2D eigenvalue weighted by Crippen LogP contribution is 1.94. The first-order valence-electron chi connectivity index (χ1n) is 2.89. The van der Waals surface area contributed by atoms with Crippen LogP contribution >= 0.6 is 0 Å². The summed E-state index contributed by atoms with van der Waals surface area (Å²) >= 11 is 0. The van der Waals surface area contributed by atoms with Crippen LogP contribution in [-0.2, 0) is 0 Å². The van der Waals surface area contributed by atoms with Gasteiger partial charge < -0.3 is 4.42 Å². The average molecular weight is 133 g/mol. The molecule has 10 heavy (non-hydrogen) atoms. The Balaban J connectivity index is 2.49. The van der Waals surface area contributed by atoms with Gasteiger partial charge in [-0.1, -0.05) is 5.92 Å². The number of hydrogen-bond donors (Lipinski definition) is 0. The van der Waals surface area contributed by atoms with Crippen LogP contribution in [0, 0.1) is 12.3 Å². The van der Waals surface area contributed by atoms with Gasteiger partial charge in [-0.2, -0.15) is 0 Å². The molecule has 0 fully saturated rings. The second-order valence-corrected chi connectivity index (χ2v) is 1.73. The first-order valence-corrected chi connectivity index (χ1v) is 2.89. The molecule has 0 atom stereocenters. The minimum atomic E-state index is 0.422. The SMILES string of the molecule is C#CCN=Cc1ccoc1. The molecular formula is C8H7NO. The van der Waals surface area contributed by atoms with Crippen LogP contribution < -0.4 is 0 Å². The maximum Gasteiger partial charge on any atom is 0.0995 e. The fourth-order valence-electron chi connectivity index (χ4n) is 0.552. The van der Waals surface area contributed by atoms with Crippen LogP contribution in [0.4, 0.5) is 0 Å². The van der Waals surface area contributed by atoms with E-state index in [1.165, 1.54) is 0 Å². The smallest absolute Gasteiger partial charge is 0.0995 e. The summed E-state index contributed by atoms with van der Waals surface area (Å²) in [5, 5.41) is 0. The topological polar surface area (TPSA) is 25.5 Å². The minimum absolute atomic E-state index is 0.422. The van der Waals surface area contributed by atoms with Crippen molar-refractivity contribution in [3.8, 4) is 12.3 Å². The Bertz CT molecular complexity index is 241. The molecule has 0 unspecified atom stereocenters. The molecule has 0 N–H and O–H groups in total. The molecule has 1 heterocycles. The zero-order valence-corrected chi connectivity index (χ0v) is 5.45. The van der Waals surface area contributed by atoms with Gasteiger partial charge in [0.05, 0.1) is 19.1 Å². The maximum atomic E-state index is 4.98. The molecule has 0 radical (unpaired) electrons. The summed E-state index contributed by atoms with van der Waals surface area (Å²) in [4.78, 5) is 3.91. The number of hydrogen-bond acceptors (Lipinski definition) is 2. The summed E-state index contributed by atoms with van der Waals surface area (Å²) in [7, 11) is 0. The zero-order valence-electron chi connectivity index (χ0n) is 5.45. The molecule has 1 aromatic heterocycles. The van der Waals surface area contributed by atoms with Crippen LogP contribution in [0.25, 0.3) is 0 Å². The summed E-state index contributed by atoms with van der Waals surface area (Å²) in [6.45, 7) is 0.422. The monoisotopic (exact) mass is 133 g/mol. The molecule has 2 nitrogen and oxygen atoms in total. The van der Waals surface area contributed by atoms with Crippen LogP contribution in [0.1, 0.15) is 5.56 Å². The van der Waals surface area contributed by atoms with E-state index in [1.807, 2.05) is 6.07 Å². The van der Waals surface area contributed by atoms with E-state index in [9.17, 15) is 0 Å². The lowest BCUT2D eigenvalue weighted by Crippen LogP contribution is -1.76. The molecule has 0 aliphatic heterocycles. The van der Waals surface area contributed by atoms with E-state index in [4.69, 9.17) is 10.8 Å². The Morgan fingerprint density at radius 1 is 1.80 bits per heavy atom. The van der Waals surface area contributed by atoms with Crippen molar-refractivity contribution in [1.29, 1.82) is 0 Å². The van der Waals surface area contributed by atoms with E-state index in [2.05, 4.69) is 10.9 Å². The Morgan fingerprint density at radius 2 is 2.70 bits per heavy atom. The van der Waals surface area contributed by atoms with Crippen LogP contribution in [0.3, 0.4) is 0 Å². The molecule has 2 heteroatoms. The van der Waals surface area contributed by atoms with Gasteiger partial charge in [-0.3, -0.25) is 4.99 Å². The molecule has 0 aromatic carbocycles. The predicted octanol–water partition coefficient (Wildman–Crippen LogP) is 1.33. The predicted molar refractivity (Wildman–Crippen MR) is 40.0 cm³/mol. The normalized spacial score (nSPS) is 9.90. The number of rotatable bonds is 2. The first-order chi connectivity index (χ1) is 4.93. The Morgan fingerprint density at radius 3 is 3.30 bits per heavy atom. The van der Waals surface area contributed by atoms with Gasteiger partial charge in [-0.25, -0.2) is 0 Å². The van der Waals surface area contributed by atoms with Crippen molar-refractivity contribution in [2.45, 2.75) is 0 Å². The van der Waals surface area contributed by atoms with Gasteiger partial charge in [-0.15, -0.1) is 6.42 Å². The van der Waals surface area contributed by atoms with Gasteiger partial charge >= 0.3 is 0 Å². The van der Waals surface area contributed by atoms with E-state index >= 15 is 0 Å². The van der Waals surface area contributed by atoms with Crippen molar-refractivity contribution in [3.05, 3.63) is 24.2 Å². The van der Waals surface area contributed by atoms with E-state index in [0.717, 1.165) is 5.56 Å². The minimum Gasteiger partial charge on any atom is -0.472 e. The molecule has 0 bridgehead atoms. The molecule has 1 rings (SSSR count). The average Bonchev–Trinajstić information content (AvgIpc) is 2.41. The van der Waals surface area contributed by atoms with Crippen LogP contribution in [0.15, 0.2) is 28.0 Å². The third kappa shape index (κ3) is 1.79. The summed E-state index contributed by atoms with van der Waals surface area (Å²) in [5.41, 5.74) is 0.940. The fourth-order valence-corrected chi connectivity index (χ4v) is 0.552. The first kappa shape index (κ1) is 6.63. The summed E-state index contributed by atoms with van der Waals surface area (Å²) in [5.74, 6) is 2.40. The summed E-state index contributed by atoms with van der Waals surface area (Å²) < 4.78 is 4.80. The third-order valence-corrected chi connectivity index (χ3v) is 0.966. The van der Waals surface area contributed by atoms with Crippen molar-refractivity contribution >= 4 is 6.21 Å². The lowest BCUT2D eigenvalue weighted by atomic mass is 10.4. The van der Waals surface area contributed by atoms with Gasteiger partial charge in [0, 0.05) is 11.8 Å². The van der Waals surface area contributed by atoms with E-state index in [-0.39, 0.29) is 0 Å². The van der Waals surface area contributed by atoms with E-state index in [1.54, 1.807) is 18.7 Å². The molecule has 0 saturated carbocycles. The third-order valence-electron chi connectivity index (χ3n) is 0.966. The number of terminal acetylenes is 1. The molecule has 0 aliphatic rings. The zero-order chi connectivity index (χ0) is 7.23. The van der Waals surface area contributed by atoms with Gasteiger partial charge in [0.25, 0.3) is 0 Å². The van der Waals surface area contributed by atoms with Gasteiger partial charge in [0.2, 0.25) is 0 Å². The summed E-state index contributed by atoms with van der Waals surface area (Å²) in [6.07, 6.45) is 9.87. The Hall–Kier alpha value is -1.49. The molecular weight excluding hydrogens is 126 g/mol. The molecule has 0 saturated heterocycles. The molecule has 0 aliphatic carbocycles. The number of furan rings is 1. The van der Waals surface area contributed by atoms with Crippen LogP contribution in [0.5, 0.6) is 0 Å². The van der Waals surface area contributed by atoms with Gasteiger partial charge in [0.1, 0.15) is 0 Å². The van der Waals surface area contributed by atoms with Gasteiger partial charge in [-0.05, 0) is 6.07 Å². The lowest BCUT2D eigenvalue weighted by molar-refractivity contribution is 0.567. The molecule has 0 spiro atoms.